The molecule has 0 saturated heterocycles. The molecule has 0 rings (SSSR count). The Balaban J connectivity index is 4.31. The maximum atomic E-state index is 12.8. The minimum atomic E-state index is -0.888. The van der Waals surface area contributed by atoms with Gasteiger partial charge in [0.15, 0.2) is 12.1 Å². The van der Waals surface area contributed by atoms with E-state index in [2.05, 4.69) is 86.8 Å². The van der Waals surface area contributed by atoms with Crippen molar-refractivity contribution in [1.82, 2.24) is 0 Å². The van der Waals surface area contributed by atoms with Gasteiger partial charge >= 0.3 is 17.9 Å². The van der Waals surface area contributed by atoms with Crippen molar-refractivity contribution in [2.75, 3.05) is 41.0 Å². The van der Waals surface area contributed by atoms with E-state index in [9.17, 15) is 19.5 Å². The molecule has 2 atom stereocenters. The molecule has 0 aromatic heterocycles. The standard InChI is InChI=1S/C58H99NO7/c1-6-8-10-12-14-16-18-20-22-24-26-27-28-29-31-32-34-36-38-40-42-44-46-48-56(60)65-53-54(52-64-51-50-55(58(62)63)59(3,4)5)66-57(61)49-47-45-43-41-39-37-35-33-30-25-23-21-19-17-15-13-11-9-7-2/h9,11,15,17,21,23-24,26,30,33,37,39,43,45,54-55H,6-8,10,12-14,16,18-20,22,25,27-29,31-32,34-36,38,40-42,44,46-53H2,1-5H3/p+1/b11-9-,17-15-,23-21-,26-24-,33-30-,39-37-,45-43-. The molecule has 0 aliphatic carbocycles. The van der Waals surface area contributed by atoms with E-state index in [1.807, 2.05) is 33.3 Å². The molecule has 0 spiro atoms. The first-order chi connectivity index (χ1) is 32.1. The Morgan fingerprint density at radius 2 is 0.879 bits per heavy atom. The number of unbranched alkanes of at least 4 members (excludes halogenated alkanes) is 19. The van der Waals surface area contributed by atoms with Crippen molar-refractivity contribution in [1.29, 1.82) is 0 Å². The van der Waals surface area contributed by atoms with Crippen molar-refractivity contribution in [3.63, 3.8) is 0 Å². The highest BCUT2D eigenvalue weighted by Gasteiger charge is 2.31. The van der Waals surface area contributed by atoms with E-state index >= 15 is 0 Å². The van der Waals surface area contributed by atoms with Crippen LogP contribution in [0.4, 0.5) is 0 Å². The summed E-state index contributed by atoms with van der Waals surface area (Å²) in [4.78, 5) is 37.2. The van der Waals surface area contributed by atoms with Crippen LogP contribution in [-0.4, -0.2) is 80.6 Å². The number of likely N-dealkylation sites (N-methyl/N-ethyl adjacent to an activating group) is 1. The summed E-state index contributed by atoms with van der Waals surface area (Å²) >= 11 is 0. The zero-order chi connectivity index (χ0) is 48.4. The molecule has 0 saturated carbocycles. The molecule has 0 bridgehead atoms. The molecule has 378 valence electrons. The number of esters is 2. The Bertz CT molecular complexity index is 1350. The highest BCUT2D eigenvalue weighted by Crippen LogP contribution is 2.15. The van der Waals surface area contributed by atoms with Gasteiger partial charge in [-0.15, -0.1) is 0 Å². The van der Waals surface area contributed by atoms with Crippen LogP contribution in [0, 0.1) is 0 Å². The maximum absolute atomic E-state index is 12.8. The molecule has 0 aliphatic heterocycles. The Morgan fingerprint density at radius 3 is 1.32 bits per heavy atom. The molecule has 0 fully saturated rings. The van der Waals surface area contributed by atoms with E-state index in [1.54, 1.807) is 0 Å². The second-order valence-corrected chi connectivity index (χ2v) is 18.7. The summed E-state index contributed by atoms with van der Waals surface area (Å²) in [5, 5.41) is 9.66. The summed E-state index contributed by atoms with van der Waals surface area (Å²) in [6.07, 6.45) is 63.7. The van der Waals surface area contributed by atoms with Crippen LogP contribution in [0.2, 0.25) is 0 Å². The first kappa shape index (κ1) is 62.5. The average Bonchev–Trinajstić information content (AvgIpc) is 3.28. The molecular formula is C58H100NO7+. The molecule has 1 N–H and O–H groups in total. The lowest BCUT2D eigenvalue weighted by atomic mass is 10.0. The number of hydrogen-bond acceptors (Lipinski definition) is 6. The van der Waals surface area contributed by atoms with Crippen LogP contribution < -0.4 is 0 Å². The molecule has 66 heavy (non-hydrogen) atoms. The maximum Gasteiger partial charge on any atom is 0.362 e. The van der Waals surface area contributed by atoms with Gasteiger partial charge in [-0.1, -0.05) is 202 Å². The summed E-state index contributed by atoms with van der Waals surface area (Å²) in [6, 6.07) is -0.632. The van der Waals surface area contributed by atoms with Gasteiger partial charge in [0.25, 0.3) is 0 Å². The Morgan fingerprint density at radius 1 is 0.470 bits per heavy atom. The largest absolute Gasteiger partial charge is 0.477 e. The minimum Gasteiger partial charge on any atom is -0.477 e. The third-order valence-electron chi connectivity index (χ3n) is 11.5. The van der Waals surface area contributed by atoms with Gasteiger partial charge in [-0.3, -0.25) is 9.59 Å². The number of aliphatic carboxylic acids is 1. The van der Waals surface area contributed by atoms with Crippen LogP contribution in [0.15, 0.2) is 85.1 Å². The quantitative estimate of drug-likeness (QED) is 0.0281. The molecule has 2 unspecified atom stereocenters. The molecule has 8 nitrogen and oxygen atoms in total. The minimum absolute atomic E-state index is 0.0270. The number of hydrogen-bond donors (Lipinski definition) is 1. The van der Waals surface area contributed by atoms with Gasteiger partial charge in [0, 0.05) is 19.3 Å². The van der Waals surface area contributed by atoms with Crippen LogP contribution in [0.1, 0.15) is 213 Å². The third-order valence-corrected chi connectivity index (χ3v) is 11.5. The second kappa shape index (κ2) is 48.0. The fourth-order valence-electron chi connectivity index (χ4n) is 7.47. The molecule has 0 aromatic rings. The average molecular weight is 923 g/mol. The Hall–Kier alpha value is -3.49. The number of rotatable bonds is 47. The fraction of sp³-hybridized carbons (Fsp3) is 0.707. The van der Waals surface area contributed by atoms with Gasteiger partial charge in [-0.2, -0.15) is 0 Å². The van der Waals surface area contributed by atoms with Crippen LogP contribution in [0.25, 0.3) is 0 Å². The van der Waals surface area contributed by atoms with Crippen molar-refractivity contribution >= 4 is 17.9 Å². The van der Waals surface area contributed by atoms with Crippen LogP contribution in [0.3, 0.4) is 0 Å². The van der Waals surface area contributed by atoms with Crippen molar-refractivity contribution in [3.05, 3.63) is 85.1 Å². The number of quaternary nitrogens is 1. The summed E-state index contributed by atoms with van der Waals surface area (Å²) in [5.41, 5.74) is 0. The van der Waals surface area contributed by atoms with Crippen molar-refractivity contribution < 1.29 is 38.2 Å². The lowest BCUT2D eigenvalue weighted by Crippen LogP contribution is -2.50. The lowest BCUT2D eigenvalue weighted by molar-refractivity contribution is -0.887. The molecule has 0 amide bonds. The van der Waals surface area contributed by atoms with E-state index in [-0.39, 0.29) is 42.7 Å². The number of allylic oxidation sites excluding steroid dienone is 14. The number of ether oxygens (including phenoxy) is 3. The summed E-state index contributed by atoms with van der Waals surface area (Å²) in [7, 11) is 5.51. The van der Waals surface area contributed by atoms with Gasteiger partial charge in [0.05, 0.1) is 34.4 Å². The van der Waals surface area contributed by atoms with Crippen molar-refractivity contribution in [3.8, 4) is 0 Å². The number of carboxylic acid groups (broad SMARTS) is 1. The number of carbonyl (C=O) groups is 3. The first-order valence-corrected chi connectivity index (χ1v) is 26.6. The summed E-state index contributed by atoms with van der Waals surface area (Å²) in [5.74, 6) is -1.58. The van der Waals surface area contributed by atoms with Crippen LogP contribution in [0.5, 0.6) is 0 Å². The van der Waals surface area contributed by atoms with E-state index in [4.69, 9.17) is 14.2 Å². The SMILES string of the molecule is CC/C=C\C/C=C\C/C=C\C/C=C\C/C=C\C/C=C\CCC(=O)OC(COCCC(C(=O)O)[N+](C)(C)C)COC(=O)CCCCCCCCCCCCC/C=C\CCCCCCCCCC. The van der Waals surface area contributed by atoms with E-state index in [0.717, 1.165) is 57.8 Å². The second-order valence-electron chi connectivity index (χ2n) is 18.7. The predicted molar refractivity (Wildman–Crippen MR) is 280 cm³/mol. The summed E-state index contributed by atoms with van der Waals surface area (Å²) < 4.78 is 17.3. The Labute approximate surface area is 405 Å². The fourth-order valence-corrected chi connectivity index (χ4v) is 7.47. The normalized spacial score (nSPS) is 13.5. The highest BCUT2D eigenvalue weighted by atomic mass is 16.6. The smallest absolute Gasteiger partial charge is 0.362 e. The first-order valence-electron chi connectivity index (χ1n) is 26.6. The number of carboxylic acids is 1. The third kappa shape index (κ3) is 45.7. The zero-order valence-corrected chi connectivity index (χ0v) is 43.1. The van der Waals surface area contributed by atoms with Gasteiger partial charge in [0.1, 0.15) is 6.61 Å². The van der Waals surface area contributed by atoms with Gasteiger partial charge in [-0.05, 0) is 77.0 Å². The number of nitrogens with zero attached hydrogens (tertiary/aromatic N) is 1. The predicted octanol–water partition coefficient (Wildman–Crippen LogP) is 15.6. The van der Waals surface area contributed by atoms with Gasteiger partial charge < -0.3 is 23.8 Å². The summed E-state index contributed by atoms with van der Waals surface area (Å²) in [6.45, 7) is 4.55. The van der Waals surface area contributed by atoms with Gasteiger partial charge in [-0.25, -0.2) is 4.79 Å². The topological polar surface area (TPSA) is 99.1 Å². The van der Waals surface area contributed by atoms with Crippen LogP contribution >= 0.6 is 0 Å². The Kier molecular flexibility index (Phi) is 45.4. The zero-order valence-electron chi connectivity index (χ0n) is 43.1. The van der Waals surface area contributed by atoms with E-state index in [1.165, 1.54) is 116 Å². The molecule has 8 heteroatoms. The monoisotopic (exact) mass is 923 g/mol. The van der Waals surface area contributed by atoms with Crippen LogP contribution in [-0.2, 0) is 28.6 Å². The van der Waals surface area contributed by atoms with E-state index in [0.29, 0.717) is 19.3 Å². The molecule has 0 radical (unpaired) electrons. The molecule has 0 aromatic carbocycles. The van der Waals surface area contributed by atoms with Gasteiger partial charge in [0.2, 0.25) is 0 Å². The molecule has 0 heterocycles. The number of carbonyl (C=O) groups excluding carboxylic acids is 2. The highest BCUT2D eigenvalue weighted by molar-refractivity contribution is 5.72. The molecule has 0 aliphatic rings. The molecular weight excluding hydrogens is 823 g/mol. The van der Waals surface area contributed by atoms with E-state index < -0.39 is 18.1 Å². The van der Waals surface area contributed by atoms with Crippen molar-refractivity contribution in [2.24, 2.45) is 0 Å². The van der Waals surface area contributed by atoms with Crippen molar-refractivity contribution in [2.45, 2.75) is 225 Å². The lowest BCUT2D eigenvalue weighted by Gasteiger charge is -2.31.